The summed E-state index contributed by atoms with van der Waals surface area (Å²) in [5, 5.41) is 3.11. The van der Waals surface area contributed by atoms with E-state index < -0.39 is 21.8 Å². The molecule has 1 saturated heterocycles. The molecule has 0 saturated carbocycles. The van der Waals surface area contributed by atoms with E-state index >= 15 is 0 Å². The van der Waals surface area contributed by atoms with Crippen LogP contribution in [0.15, 0.2) is 29.2 Å². The quantitative estimate of drug-likeness (QED) is 0.888. The van der Waals surface area contributed by atoms with Gasteiger partial charge in [0.2, 0.25) is 10.0 Å². The van der Waals surface area contributed by atoms with Gasteiger partial charge in [-0.1, -0.05) is 0 Å². The van der Waals surface area contributed by atoms with Gasteiger partial charge in [0.25, 0.3) is 0 Å². The number of alkyl halides is 3. The first kappa shape index (κ1) is 15.3. The Morgan fingerprint density at radius 2 is 1.90 bits per heavy atom. The molecule has 0 aliphatic carbocycles. The van der Waals surface area contributed by atoms with Crippen molar-refractivity contribution in [3.05, 3.63) is 29.8 Å². The average Bonchev–Trinajstić information content (AvgIpc) is 2.89. The van der Waals surface area contributed by atoms with Gasteiger partial charge in [0.15, 0.2) is 0 Å². The van der Waals surface area contributed by atoms with Crippen LogP contribution in [-0.2, 0) is 16.2 Å². The molecular formula is C12H15F3N2O2S. The van der Waals surface area contributed by atoms with Crippen molar-refractivity contribution < 1.29 is 21.6 Å². The van der Waals surface area contributed by atoms with Gasteiger partial charge in [-0.25, -0.2) is 13.1 Å². The molecule has 1 aliphatic rings. The van der Waals surface area contributed by atoms with Gasteiger partial charge in [-0.3, -0.25) is 0 Å². The van der Waals surface area contributed by atoms with Crippen LogP contribution >= 0.6 is 0 Å². The zero-order chi connectivity index (χ0) is 14.8. The smallest absolute Gasteiger partial charge is 0.316 e. The van der Waals surface area contributed by atoms with Gasteiger partial charge in [0.05, 0.1) is 10.5 Å². The third kappa shape index (κ3) is 3.71. The number of benzene rings is 1. The van der Waals surface area contributed by atoms with Crippen LogP contribution in [0.2, 0.25) is 0 Å². The summed E-state index contributed by atoms with van der Waals surface area (Å²) in [7, 11) is -3.76. The summed E-state index contributed by atoms with van der Waals surface area (Å²) in [6.07, 6.45) is -3.58. The van der Waals surface area contributed by atoms with Crippen LogP contribution in [-0.4, -0.2) is 28.1 Å². The Kier molecular flexibility index (Phi) is 4.36. The van der Waals surface area contributed by atoms with E-state index in [9.17, 15) is 21.6 Å². The number of hydrogen-bond donors (Lipinski definition) is 2. The predicted octanol–water partition coefficient (Wildman–Crippen LogP) is 1.59. The second-order valence-corrected chi connectivity index (χ2v) is 6.50. The minimum absolute atomic E-state index is 0.156. The van der Waals surface area contributed by atoms with E-state index in [1.165, 1.54) is 0 Å². The van der Waals surface area contributed by atoms with Crippen molar-refractivity contribution in [3.63, 3.8) is 0 Å². The maximum atomic E-state index is 12.4. The van der Waals surface area contributed by atoms with Crippen molar-refractivity contribution >= 4 is 10.0 Å². The summed E-state index contributed by atoms with van der Waals surface area (Å²) in [4.78, 5) is -0.156. The number of rotatable bonds is 4. The minimum Gasteiger partial charge on any atom is -0.316 e. The van der Waals surface area contributed by atoms with Crippen LogP contribution in [0.25, 0.3) is 0 Å². The Balaban J connectivity index is 2.05. The third-order valence-electron chi connectivity index (χ3n) is 3.22. The normalized spacial score (nSPS) is 20.2. The Bertz CT molecular complexity index is 549. The van der Waals surface area contributed by atoms with Crippen molar-refractivity contribution in [2.45, 2.75) is 17.5 Å². The van der Waals surface area contributed by atoms with Gasteiger partial charge in [-0.2, -0.15) is 13.2 Å². The van der Waals surface area contributed by atoms with Crippen LogP contribution in [0.1, 0.15) is 12.0 Å². The predicted molar refractivity (Wildman–Crippen MR) is 67.6 cm³/mol. The van der Waals surface area contributed by atoms with E-state index in [4.69, 9.17) is 0 Å². The lowest BCUT2D eigenvalue weighted by molar-refractivity contribution is -0.137. The first-order valence-corrected chi connectivity index (χ1v) is 7.65. The van der Waals surface area contributed by atoms with Gasteiger partial charge in [-0.15, -0.1) is 0 Å². The van der Waals surface area contributed by atoms with Crippen LogP contribution in [0.5, 0.6) is 0 Å². The van der Waals surface area contributed by atoms with Crippen molar-refractivity contribution in [3.8, 4) is 0 Å². The SMILES string of the molecule is O=S(=O)(NC[C@@H]1CCNC1)c1ccc(C(F)(F)F)cc1. The second kappa shape index (κ2) is 5.71. The second-order valence-electron chi connectivity index (χ2n) is 4.73. The fraction of sp³-hybridized carbons (Fsp3) is 0.500. The minimum atomic E-state index is -4.47. The van der Waals surface area contributed by atoms with E-state index in [-0.39, 0.29) is 17.4 Å². The van der Waals surface area contributed by atoms with Crippen LogP contribution < -0.4 is 10.0 Å². The molecule has 0 aromatic heterocycles. The van der Waals surface area contributed by atoms with Gasteiger partial charge >= 0.3 is 6.18 Å². The maximum Gasteiger partial charge on any atom is 0.416 e. The van der Waals surface area contributed by atoms with Crippen LogP contribution in [0.3, 0.4) is 0 Å². The van der Waals surface area contributed by atoms with E-state index in [1.807, 2.05) is 0 Å². The molecule has 2 rings (SSSR count). The molecule has 2 N–H and O–H groups in total. The molecule has 1 heterocycles. The van der Waals surface area contributed by atoms with E-state index in [2.05, 4.69) is 10.0 Å². The van der Waals surface area contributed by atoms with Crippen molar-refractivity contribution in [2.24, 2.45) is 5.92 Å². The molecule has 8 heteroatoms. The maximum absolute atomic E-state index is 12.4. The summed E-state index contributed by atoms with van der Waals surface area (Å²) in [5.74, 6) is 0.222. The lowest BCUT2D eigenvalue weighted by atomic mass is 10.1. The molecule has 4 nitrogen and oxygen atoms in total. The monoisotopic (exact) mass is 308 g/mol. The molecule has 1 aliphatic heterocycles. The summed E-state index contributed by atoms with van der Waals surface area (Å²) < 4.78 is 63.5. The standard InChI is InChI=1S/C12H15F3N2O2S/c13-12(14,15)10-1-3-11(4-2-10)20(18,19)17-8-9-5-6-16-7-9/h1-4,9,16-17H,5-8H2/t9-/m1/s1. The summed E-state index contributed by atoms with van der Waals surface area (Å²) in [6.45, 7) is 1.89. The number of hydrogen-bond acceptors (Lipinski definition) is 3. The number of sulfonamides is 1. The highest BCUT2D eigenvalue weighted by Crippen LogP contribution is 2.29. The van der Waals surface area contributed by atoms with Gasteiger partial charge in [0.1, 0.15) is 0 Å². The van der Waals surface area contributed by atoms with Crippen molar-refractivity contribution in [2.75, 3.05) is 19.6 Å². The third-order valence-corrected chi connectivity index (χ3v) is 4.66. The van der Waals surface area contributed by atoms with Crippen molar-refractivity contribution in [1.82, 2.24) is 10.0 Å². The topological polar surface area (TPSA) is 58.2 Å². The van der Waals surface area contributed by atoms with Gasteiger partial charge < -0.3 is 5.32 Å². The molecule has 112 valence electrons. The zero-order valence-electron chi connectivity index (χ0n) is 10.6. The Morgan fingerprint density at radius 1 is 1.25 bits per heavy atom. The Labute approximate surface area is 115 Å². The lowest BCUT2D eigenvalue weighted by Crippen LogP contribution is -2.30. The van der Waals surface area contributed by atoms with Gasteiger partial charge in [0, 0.05) is 6.54 Å². The molecule has 0 amide bonds. The fourth-order valence-electron chi connectivity index (χ4n) is 2.02. The summed E-state index contributed by atoms with van der Waals surface area (Å²) in [6, 6.07) is 3.48. The van der Waals surface area contributed by atoms with Gasteiger partial charge in [-0.05, 0) is 49.7 Å². The molecule has 1 atom stereocenters. The van der Waals surface area contributed by atoms with E-state index in [0.29, 0.717) is 0 Å². The molecule has 1 aromatic rings. The molecule has 1 fully saturated rings. The van der Waals surface area contributed by atoms with E-state index in [0.717, 1.165) is 43.8 Å². The van der Waals surface area contributed by atoms with Crippen molar-refractivity contribution in [1.29, 1.82) is 0 Å². The number of halogens is 3. The van der Waals surface area contributed by atoms with E-state index in [1.54, 1.807) is 0 Å². The molecule has 1 aromatic carbocycles. The molecule has 20 heavy (non-hydrogen) atoms. The zero-order valence-corrected chi connectivity index (χ0v) is 11.4. The highest BCUT2D eigenvalue weighted by molar-refractivity contribution is 7.89. The first-order chi connectivity index (χ1) is 9.29. The molecule has 0 spiro atoms. The summed E-state index contributed by atoms with van der Waals surface area (Å²) >= 11 is 0. The largest absolute Gasteiger partial charge is 0.416 e. The lowest BCUT2D eigenvalue weighted by Gasteiger charge is -2.12. The summed E-state index contributed by atoms with van der Waals surface area (Å²) in [5.41, 5.74) is -0.864. The highest BCUT2D eigenvalue weighted by Gasteiger charge is 2.30. The van der Waals surface area contributed by atoms with Crippen LogP contribution in [0.4, 0.5) is 13.2 Å². The Hall–Kier alpha value is -1.12. The molecule has 0 unspecified atom stereocenters. The highest BCUT2D eigenvalue weighted by atomic mass is 32.2. The number of nitrogens with one attached hydrogen (secondary N) is 2. The first-order valence-electron chi connectivity index (χ1n) is 6.17. The Morgan fingerprint density at radius 3 is 2.40 bits per heavy atom. The molecule has 0 radical (unpaired) electrons. The average molecular weight is 308 g/mol. The van der Waals surface area contributed by atoms with Crippen LogP contribution in [0, 0.1) is 5.92 Å². The molecular weight excluding hydrogens is 293 g/mol. The molecule has 0 bridgehead atoms. The fourth-order valence-corrected chi connectivity index (χ4v) is 3.14.